The summed E-state index contributed by atoms with van der Waals surface area (Å²) in [4.78, 5) is 22.5. The molecule has 96 valence electrons. The molecule has 0 aromatic heterocycles. The van der Waals surface area contributed by atoms with Crippen LogP contribution in [0.3, 0.4) is 0 Å². The van der Waals surface area contributed by atoms with Gasteiger partial charge in [-0.25, -0.2) is 0 Å². The third kappa shape index (κ3) is 2.23. The van der Waals surface area contributed by atoms with Crippen molar-refractivity contribution in [2.24, 2.45) is 17.8 Å². The van der Waals surface area contributed by atoms with Crippen molar-refractivity contribution in [3.63, 3.8) is 0 Å². The van der Waals surface area contributed by atoms with Crippen LogP contribution in [0.15, 0.2) is 0 Å². The first kappa shape index (κ1) is 12.2. The van der Waals surface area contributed by atoms with Gasteiger partial charge in [0.05, 0.1) is 5.92 Å². The van der Waals surface area contributed by atoms with E-state index in [0.29, 0.717) is 12.8 Å². The van der Waals surface area contributed by atoms with E-state index in [4.69, 9.17) is 5.11 Å². The van der Waals surface area contributed by atoms with E-state index >= 15 is 0 Å². The summed E-state index contributed by atoms with van der Waals surface area (Å²) in [7, 11) is 0. The molecule has 1 aliphatic heterocycles. The highest BCUT2D eigenvalue weighted by molar-refractivity contribution is 5.82. The van der Waals surface area contributed by atoms with E-state index in [-0.39, 0.29) is 24.9 Å². The molecule has 0 aromatic carbocycles. The lowest BCUT2D eigenvalue weighted by atomic mass is 10.0. The Morgan fingerprint density at radius 1 is 1.12 bits per heavy atom. The Morgan fingerprint density at radius 2 is 1.59 bits per heavy atom. The lowest BCUT2D eigenvalue weighted by Crippen LogP contribution is -2.40. The van der Waals surface area contributed by atoms with Crippen molar-refractivity contribution < 1.29 is 27.9 Å². The van der Waals surface area contributed by atoms with Gasteiger partial charge in [0.1, 0.15) is 0 Å². The highest BCUT2D eigenvalue weighted by Gasteiger charge is 2.50. The average Bonchev–Trinajstić information content (AvgIpc) is 2.70. The van der Waals surface area contributed by atoms with Gasteiger partial charge in [-0.1, -0.05) is 0 Å². The van der Waals surface area contributed by atoms with Crippen LogP contribution in [-0.2, 0) is 9.59 Å². The zero-order valence-corrected chi connectivity index (χ0v) is 8.91. The minimum absolute atomic E-state index is 0.0345. The standard InChI is InChI=1S/C10H12F3NO3/c11-10(12,13)9(17)14-3-6-1-5(8(15)16)2-7(6)4-14/h5-7H,1-4H2,(H,15,16)/t5?,6-,7+. The molecular formula is C10H12F3NO3. The van der Waals surface area contributed by atoms with Crippen LogP contribution in [0, 0.1) is 17.8 Å². The van der Waals surface area contributed by atoms with Gasteiger partial charge in [-0.15, -0.1) is 0 Å². The fraction of sp³-hybridized carbons (Fsp3) is 0.800. The van der Waals surface area contributed by atoms with Gasteiger partial charge in [0.2, 0.25) is 0 Å². The maximum atomic E-state index is 12.2. The van der Waals surface area contributed by atoms with Gasteiger partial charge in [-0.3, -0.25) is 9.59 Å². The summed E-state index contributed by atoms with van der Waals surface area (Å²) in [6.07, 6.45) is -4.08. The van der Waals surface area contributed by atoms with E-state index < -0.39 is 24.0 Å². The minimum atomic E-state index is -4.83. The Morgan fingerprint density at radius 3 is 1.94 bits per heavy atom. The first-order valence-corrected chi connectivity index (χ1v) is 5.38. The number of carbonyl (C=O) groups excluding carboxylic acids is 1. The van der Waals surface area contributed by atoms with Crippen molar-refractivity contribution in [1.82, 2.24) is 4.90 Å². The van der Waals surface area contributed by atoms with Crippen molar-refractivity contribution in [2.75, 3.05) is 13.1 Å². The number of fused-ring (bicyclic) bond motifs is 1. The summed E-state index contributed by atoms with van der Waals surface area (Å²) < 4.78 is 36.6. The summed E-state index contributed by atoms with van der Waals surface area (Å²) in [6, 6.07) is 0. The molecule has 1 heterocycles. The molecule has 1 amide bonds. The Bertz CT molecular complexity index is 341. The van der Waals surface area contributed by atoms with Gasteiger partial charge < -0.3 is 10.0 Å². The quantitative estimate of drug-likeness (QED) is 0.759. The third-order valence-electron chi connectivity index (χ3n) is 3.63. The van der Waals surface area contributed by atoms with Crippen LogP contribution < -0.4 is 0 Å². The predicted octanol–water partition coefficient (Wildman–Crippen LogP) is 1.12. The molecule has 4 nitrogen and oxygen atoms in total. The van der Waals surface area contributed by atoms with Gasteiger partial charge in [-0.2, -0.15) is 13.2 Å². The van der Waals surface area contributed by atoms with Crippen LogP contribution in [-0.4, -0.2) is 41.1 Å². The highest BCUT2D eigenvalue weighted by Crippen LogP contribution is 2.42. The third-order valence-corrected chi connectivity index (χ3v) is 3.63. The highest BCUT2D eigenvalue weighted by atomic mass is 19.4. The number of amides is 1. The molecule has 0 spiro atoms. The van der Waals surface area contributed by atoms with Gasteiger partial charge in [0.25, 0.3) is 0 Å². The van der Waals surface area contributed by atoms with E-state index in [9.17, 15) is 22.8 Å². The monoisotopic (exact) mass is 251 g/mol. The topological polar surface area (TPSA) is 57.6 Å². The first-order valence-electron chi connectivity index (χ1n) is 5.38. The molecule has 1 unspecified atom stereocenters. The first-order chi connectivity index (χ1) is 7.79. The molecule has 0 aromatic rings. The van der Waals surface area contributed by atoms with E-state index in [1.807, 2.05) is 0 Å². The van der Waals surface area contributed by atoms with Gasteiger partial charge in [-0.05, 0) is 24.7 Å². The number of carbonyl (C=O) groups is 2. The molecule has 1 aliphatic carbocycles. The number of alkyl halides is 3. The average molecular weight is 251 g/mol. The summed E-state index contributed by atoms with van der Waals surface area (Å²) in [6.45, 7) is 0.0690. The molecule has 2 aliphatic rings. The molecule has 1 saturated carbocycles. The number of hydrogen-bond acceptors (Lipinski definition) is 2. The summed E-state index contributed by atoms with van der Waals surface area (Å²) >= 11 is 0. The number of carboxylic acid groups (broad SMARTS) is 1. The van der Waals surface area contributed by atoms with Crippen LogP contribution in [0.5, 0.6) is 0 Å². The Labute approximate surface area is 95.4 Å². The fourth-order valence-electron chi connectivity index (χ4n) is 2.85. The van der Waals surface area contributed by atoms with E-state index in [1.54, 1.807) is 0 Å². The molecule has 7 heteroatoms. The molecule has 3 atom stereocenters. The van der Waals surface area contributed by atoms with Crippen molar-refractivity contribution in [1.29, 1.82) is 0 Å². The number of rotatable bonds is 1. The van der Waals surface area contributed by atoms with Crippen LogP contribution in [0.4, 0.5) is 13.2 Å². The Balaban J connectivity index is 1.96. The molecule has 0 bridgehead atoms. The normalized spacial score (nSPS) is 32.6. The smallest absolute Gasteiger partial charge is 0.471 e. The number of nitrogens with zero attached hydrogens (tertiary/aromatic N) is 1. The van der Waals surface area contributed by atoms with Gasteiger partial charge in [0, 0.05) is 13.1 Å². The van der Waals surface area contributed by atoms with Crippen molar-refractivity contribution in [3.05, 3.63) is 0 Å². The molecule has 1 N–H and O–H groups in total. The number of likely N-dealkylation sites (tertiary alicyclic amines) is 1. The van der Waals surface area contributed by atoms with Crippen LogP contribution >= 0.6 is 0 Å². The number of carboxylic acids is 1. The summed E-state index contributed by atoms with van der Waals surface area (Å²) in [5, 5.41) is 8.81. The Hall–Kier alpha value is -1.27. The molecule has 2 rings (SSSR count). The summed E-state index contributed by atoms with van der Waals surface area (Å²) in [5.74, 6) is -3.36. The second kappa shape index (κ2) is 3.89. The van der Waals surface area contributed by atoms with Crippen LogP contribution in [0.1, 0.15) is 12.8 Å². The fourth-order valence-corrected chi connectivity index (χ4v) is 2.85. The van der Waals surface area contributed by atoms with E-state index in [1.165, 1.54) is 0 Å². The van der Waals surface area contributed by atoms with Crippen LogP contribution in [0.2, 0.25) is 0 Å². The second-order valence-electron chi connectivity index (χ2n) is 4.73. The molecule has 17 heavy (non-hydrogen) atoms. The maximum absolute atomic E-state index is 12.2. The predicted molar refractivity (Wildman–Crippen MR) is 50.0 cm³/mol. The lowest BCUT2D eigenvalue weighted by molar-refractivity contribution is -0.184. The minimum Gasteiger partial charge on any atom is -0.481 e. The largest absolute Gasteiger partial charge is 0.481 e. The maximum Gasteiger partial charge on any atom is 0.471 e. The number of halogens is 3. The second-order valence-corrected chi connectivity index (χ2v) is 4.73. The zero-order chi connectivity index (χ0) is 12.8. The van der Waals surface area contributed by atoms with Crippen molar-refractivity contribution >= 4 is 11.9 Å². The molecule has 0 radical (unpaired) electrons. The number of hydrogen-bond donors (Lipinski definition) is 1. The zero-order valence-electron chi connectivity index (χ0n) is 8.91. The summed E-state index contributed by atoms with van der Waals surface area (Å²) in [5.41, 5.74) is 0. The van der Waals surface area contributed by atoms with Gasteiger partial charge >= 0.3 is 18.1 Å². The van der Waals surface area contributed by atoms with E-state index in [0.717, 1.165) is 4.90 Å². The molecular weight excluding hydrogens is 239 g/mol. The Kier molecular flexibility index (Phi) is 2.79. The SMILES string of the molecule is O=C(O)C1C[C@@H]2CN(C(=O)C(F)(F)F)C[C@@H]2C1. The van der Waals surface area contributed by atoms with Crippen molar-refractivity contribution in [2.45, 2.75) is 19.0 Å². The molecule has 1 saturated heterocycles. The number of aliphatic carboxylic acids is 1. The van der Waals surface area contributed by atoms with Gasteiger partial charge in [0.15, 0.2) is 0 Å². The van der Waals surface area contributed by atoms with E-state index in [2.05, 4.69) is 0 Å². The van der Waals surface area contributed by atoms with Crippen LogP contribution in [0.25, 0.3) is 0 Å². The van der Waals surface area contributed by atoms with Crippen molar-refractivity contribution in [3.8, 4) is 0 Å². The molecule has 2 fully saturated rings. The lowest BCUT2D eigenvalue weighted by Gasteiger charge is -2.19.